The number of amidine groups is 1. The molecule has 2 aliphatic rings. The quantitative estimate of drug-likeness (QED) is 0.591. The molecule has 5 heteroatoms. The SMILES string of the molecule is CCOC(=O)C1CN2CCNCC2=N1. The van der Waals surface area contributed by atoms with Gasteiger partial charge in [-0.05, 0) is 6.92 Å². The maximum Gasteiger partial charge on any atom is 0.332 e. The maximum atomic E-state index is 11.4. The van der Waals surface area contributed by atoms with Gasteiger partial charge in [0.1, 0.15) is 5.84 Å². The summed E-state index contributed by atoms with van der Waals surface area (Å²) in [7, 11) is 0. The number of hydrogen-bond donors (Lipinski definition) is 1. The lowest BCUT2D eigenvalue weighted by Gasteiger charge is -2.25. The molecule has 2 aliphatic heterocycles. The molecule has 0 radical (unpaired) electrons. The van der Waals surface area contributed by atoms with Crippen molar-refractivity contribution in [3.8, 4) is 0 Å². The Labute approximate surface area is 83.1 Å². The highest BCUT2D eigenvalue weighted by Crippen LogP contribution is 2.11. The normalized spacial score (nSPS) is 25.6. The van der Waals surface area contributed by atoms with Crippen LogP contribution in [0.25, 0.3) is 0 Å². The van der Waals surface area contributed by atoms with Crippen LogP contribution in [0.2, 0.25) is 0 Å². The van der Waals surface area contributed by atoms with Gasteiger partial charge in [-0.2, -0.15) is 0 Å². The van der Waals surface area contributed by atoms with Gasteiger partial charge in [0.15, 0.2) is 6.04 Å². The highest BCUT2D eigenvalue weighted by Gasteiger charge is 2.31. The molecule has 1 fully saturated rings. The van der Waals surface area contributed by atoms with Crippen LogP contribution in [0.5, 0.6) is 0 Å². The van der Waals surface area contributed by atoms with Gasteiger partial charge in [-0.1, -0.05) is 0 Å². The van der Waals surface area contributed by atoms with E-state index in [0.717, 1.165) is 25.5 Å². The molecule has 0 saturated carbocycles. The molecule has 1 atom stereocenters. The summed E-state index contributed by atoms with van der Waals surface area (Å²) in [6, 6.07) is -0.301. The highest BCUT2D eigenvalue weighted by molar-refractivity contribution is 5.91. The smallest absolute Gasteiger partial charge is 0.332 e. The summed E-state index contributed by atoms with van der Waals surface area (Å²) in [6.45, 7) is 5.61. The molecule has 2 heterocycles. The van der Waals surface area contributed by atoms with Crippen molar-refractivity contribution in [3.05, 3.63) is 0 Å². The number of carbonyl (C=O) groups is 1. The van der Waals surface area contributed by atoms with Gasteiger partial charge in [0.05, 0.1) is 19.7 Å². The van der Waals surface area contributed by atoms with E-state index in [2.05, 4.69) is 15.2 Å². The molecule has 5 nitrogen and oxygen atoms in total. The van der Waals surface area contributed by atoms with Crippen LogP contribution in [0.15, 0.2) is 4.99 Å². The largest absolute Gasteiger partial charge is 0.464 e. The van der Waals surface area contributed by atoms with E-state index in [4.69, 9.17) is 4.74 Å². The Hall–Kier alpha value is -1.10. The van der Waals surface area contributed by atoms with Crippen molar-refractivity contribution in [3.63, 3.8) is 0 Å². The van der Waals surface area contributed by atoms with Crippen molar-refractivity contribution >= 4 is 11.8 Å². The molecule has 2 rings (SSSR count). The van der Waals surface area contributed by atoms with Crippen molar-refractivity contribution in [2.24, 2.45) is 4.99 Å². The fraction of sp³-hybridized carbons (Fsp3) is 0.778. The second-order valence-corrected chi connectivity index (χ2v) is 3.44. The third-order valence-corrected chi connectivity index (χ3v) is 2.46. The summed E-state index contributed by atoms with van der Waals surface area (Å²) in [5.74, 6) is 0.795. The zero-order chi connectivity index (χ0) is 9.97. The fourth-order valence-corrected chi connectivity index (χ4v) is 1.77. The molecule has 1 unspecified atom stereocenters. The van der Waals surface area contributed by atoms with Crippen molar-refractivity contribution in [2.45, 2.75) is 13.0 Å². The monoisotopic (exact) mass is 197 g/mol. The second-order valence-electron chi connectivity index (χ2n) is 3.44. The standard InChI is InChI=1S/C9H15N3O2/c1-2-14-9(13)7-6-12-4-3-10-5-8(12)11-7/h7,10H,2-6H2,1H3. The molecule has 1 N–H and O–H groups in total. The first-order valence-corrected chi connectivity index (χ1v) is 5.00. The molecule has 0 aromatic heterocycles. The minimum Gasteiger partial charge on any atom is -0.464 e. The lowest BCUT2D eigenvalue weighted by atomic mass is 10.3. The van der Waals surface area contributed by atoms with Crippen LogP contribution < -0.4 is 5.32 Å². The van der Waals surface area contributed by atoms with Crippen LogP contribution in [0.4, 0.5) is 0 Å². The molecule has 0 aliphatic carbocycles. The molecule has 78 valence electrons. The number of hydrogen-bond acceptors (Lipinski definition) is 5. The summed E-state index contributed by atoms with van der Waals surface area (Å²) in [5.41, 5.74) is 0. The first-order valence-electron chi connectivity index (χ1n) is 5.00. The number of aliphatic imine (C=N–C) groups is 1. The fourth-order valence-electron chi connectivity index (χ4n) is 1.77. The molecule has 14 heavy (non-hydrogen) atoms. The summed E-state index contributed by atoms with van der Waals surface area (Å²) >= 11 is 0. The van der Waals surface area contributed by atoms with Crippen molar-refractivity contribution in [1.82, 2.24) is 10.2 Å². The van der Waals surface area contributed by atoms with Crippen LogP contribution in [-0.4, -0.2) is 55.5 Å². The van der Waals surface area contributed by atoms with Gasteiger partial charge in [0, 0.05) is 13.1 Å². The Morgan fingerprint density at radius 1 is 1.79 bits per heavy atom. The van der Waals surface area contributed by atoms with Gasteiger partial charge in [-0.3, -0.25) is 4.99 Å². The van der Waals surface area contributed by atoms with Crippen molar-refractivity contribution in [2.75, 3.05) is 32.8 Å². The van der Waals surface area contributed by atoms with Gasteiger partial charge < -0.3 is 15.0 Å². The summed E-state index contributed by atoms with van der Waals surface area (Å²) < 4.78 is 4.94. The highest BCUT2D eigenvalue weighted by atomic mass is 16.5. The van der Waals surface area contributed by atoms with Gasteiger partial charge in [-0.15, -0.1) is 0 Å². The van der Waals surface area contributed by atoms with Crippen LogP contribution in [0.3, 0.4) is 0 Å². The summed E-state index contributed by atoms with van der Waals surface area (Å²) in [5, 5.41) is 3.22. The third-order valence-electron chi connectivity index (χ3n) is 2.46. The van der Waals surface area contributed by atoms with E-state index in [1.165, 1.54) is 0 Å². The molecular formula is C9H15N3O2. The van der Waals surface area contributed by atoms with Crippen LogP contribution in [-0.2, 0) is 9.53 Å². The Morgan fingerprint density at radius 3 is 3.36 bits per heavy atom. The van der Waals surface area contributed by atoms with Crippen LogP contribution in [0.1, 0.15) is 6.92 Å². The number of rotatable bonds is 2. The number of nitrogens with zero attached hydrogens (tertiary/aromatic N) is 2. The van der Waals surface area contributed by atoms with E-state index in [0.29, 0.717) is 13.2 Å². The Kier molecular flexibility index (Phi) is 2.67. The van der Waals surface area contributed by atoms with Gasteiger partial charge in [0.2, 0.25) is 0 Å². The molecule has 0 bridgehead atoms. The number of nitrogens with one attached hydrogen (secondary N) is 1. The Bertz CT molecular complexity index is 265. The first kappa shape index (κ1) is 9.45. The lowest BCUT2D eigenvalue weighted by molar-refractivity contribution is -0.144. The van der Waals surface area contributed by atoms with E-state index in [9.17, 15) is 4.79 Å². The Balaban J connectivity index is 1.98. The number of fused-ring (bicyclic) bond motifs is 1. The Morgan fingerprint density at radius 2 is 2.64 bits per heavy atom. The van der Waals surface area contributed by atoms with E-state index in [1.807, 2.05) is 6.92 Å². The van der Waals surface area contributed by atoms with Crippen molar-refractivity contribution < 1.29 is 9.53 Å². The number of ether oxygens (including phenoxy) is 1. The number of piperazine rings is 1. The molecular weight excluding hydrogens is 182 g/mol. The van der Waals surface area contributed by atoms with Crippen molar-refractivity contribution in [1.29, 1.82) is 0 Å². The van der Waals surface area contributed by atoms with Crippen LogP contribution >= 0.6 is 0 Å². The van der Waals surface area contributed by atoms with Gasteiger partial charge >= 0.3 is 5.97 Å². The van der Waals surface area contributed by atoms with E-state index in [-0.39, 0.29) is 12.0 Å². The van der Waals surface area contributed by atoms with E-state index >= 15 is 0 Å². The van der Waals surface area contributed by atoms with E-state index in [1.54, 1.807) is 0 Å². The minimum atomic E-state index is -0.301. The molecule has 0 amide bonds. The molecule has 1 saturated heterocycles. The minimum absolute atomic E-state index is 0.200. The summed E-state index contributed by atoms with van der Waals surface area (Å²) in [4.78, 5) is 17.9. The van der Waals surface area contributed by atoms with Gasteiger partial charge in [0.25, 0.3) is 0 Å². The predicted octanol–water partition coefficient (Wildman–Crippen LogP) is -0.765. The number of carbonyl (C=O) groups excluding carboxylic acids is 1. The lowest BCUT2D eigenvalue weighted by Crippen LogP contribution is -2.46. The van der Waals surface area contributed by atoms with E-state index < -0.39 is 0 Å². The topological polar surface area (TPSA) is 53.9 Å². The third kappa shape index (κ3) is 1.72. The second kappa shape index (κ2) is 3.96. The molecule has 0 spiro atoms. The summed E-state index contributed by atoms with van der Waals surface area (Å²) in [6.07, 6.45) is 0. The van der Waals surface area contributed by atoms with Crippen LogP contribution in [0, 0.1) is 0 Å². The van der Waals surface area contributed by atoms with Gasteiger partial charge in [-0.25, -0.2) is 4.79 Å². The average Bonchev–Trinajstić information content (AvgIpc) is 2.61. The average molecular weight is 197 g/mol. The maximum absolute atomic E-state index is 11.4. The zero-order valence-corrected chi connectivity index (χ0v) is 8.32. The zero-order valence-electron chi connectivity index (χ0n) is 8.32. The molecule has 0 aromatic rings. The first-order chi connectivity index (χ1) is 6.81. The predicted molar refractivity (Wildman–Crippen MR) is 52.3 cm³/mol. The molecule has 0 aromatic carbocycles. The number of esters is 1.